The number of aliphatic hydroxyl groups is 1. The molecule has 2 atom stereocenters. The largest absolute Gasteiger partial charge is 0.392 e. The first-order chi connectivity index (χ1) is 8.58. The highest BCUT2D eigenvalue weighted by Crippen LogP contribution is 2.22. The molecule has 0 amide bonds. The molecule has 1 nitrogen and oxygen atoms in total. The van der Waals surface area contributed by atoms with E-state index in [1.165, 1.54) is 6.07 Å². The zero-order valence-electron chi connectivity index (χ0n) is 11.1. The summed E-state index contributed by atoms with van der Waals surface area (Å²) in [6.07, 6.45) is 4.47. The highest BCUT2D eigenvalue weighted by molar-refractivity contribution is 6.30. The van der Waals surface area contributed by atoms with E-state index in [1.54, 1.807) is 12.1 Å². The van der Waals surface area contributed by atoms with Crippen LogP contribution in [-0.2, 0) is 6.42 Å². The maximum atomic E-state index is 13.0. The average Bonchev–Trinajstić information content (AvgIpc) is 2.35. The van der Waals surface area contributed by atoms with Gasteiger partial charge in [-0.05, 0) is 36.5 Å². The lowest BCUT2D eigenvalue weighted by Crippen LogP contribution is -2.22. The van der Waals surface area contributed by atoms with Gasteiger partial charge in [-0.15, -0.1) is 0 Å². The molecule has 0 saturated heterocycles. The minimum atomic E-state index is -0.409. The summed E-state index contributed by atoms with van der Waals surface area (Å²) in [6, 6.07) is 4.65. The van der Waals surface area contributed by atoms with Gasteiger partial charge < -0.3 is 5.11 Å². The van der Waals surface area contributed by atoms with Crippen LogP contribution in [-0.4, -0.2) is 11.2 Å². The van der Waals surface area contributed by atoms with Gasteiger partial charge in [-0.3, -0.25) is 0 Å². The van der Waals surface area contributed by atoms with Gasteiger partial charge in [-0.1, -0.05) is 50.8 Å². The van der Waals surface area contributed by atoms with Crippen LogP contribution in [0, 0.1) is 11.7 Å². The number of hydrogen-bond acceptors (Lipinski definition) is 1. The maximum absolute atomic E-state index is 13.0. The van der Waals surface area contributed by atoms with Gasteiger partial charge in [0, 0.05) is 0 Å². The standard InChI is InChI=1S/C15H22ClFO/c1-3-5-6-12(4-2)15(18)10-11-7-8-14(17)13(16)9-11/h7-9,12,15,18H,3-6,10H2,1-2H3. The molecule has 0 radical (unpaired) electrons. The smallest absolute Gasteiger partial charge is 0.141 e. The number of hydrogen-bond donors (Lipinski definition) is 1. The number of unbranched alkanes of at least 4 members (excludes halogenated alkanes) is 1. The van der Waals surface area contributed by atoms with Gasteiger partial charge in [0.05, 0.1) is 11.1 Å². The van der Waals surface area contributed by atoms with Crippen LogP contribution in [0.15, 0.2) is 18.2 Å². The Kier molecular flexibility index (Phi) is 6.66. The number of halogens is 2. The molecule has 102 valence electrons. The molecule has 0 aliphatic rings. The molecule has 0 aliphatic heterocycles. The van der Waals surface area contributed by atoms with E-state index in [0.29, 0.717) is 12.3 Å². The lowest BCUT2D eigenvalue weighted by atomic mass is 9.89. The van der Waals surface area contributed by atoms with Crippen LogP contribution in [0.3, 0.4) is 0 Å². The van der Waals surface area contributed by atoms with Gasteiger partial charge in [-0.2, -0.15) is 0 Å². The van der Waals surface area contributed by atoms with Gasteiger partial charge in [0.2, 0.25) is 0 Å². The summed E-state index contributed by atoms with van der Waals surface area (Å²) in [7, 11) is 0. The molecule has 0 heterocycles. The monoisotopic (exact) mass is 272 g/mol. The predicted octanol–water partition coefficient (Wildman–Crippen LogP) is 4.60. The lowest BCUT2D eigenvalue weighted by molar-refractivity contribution is 0.0987. The van der Waals surface area contributed by atoms with E-state index in [1.807, 2.05) is 0 Å². The summed E-state index contributed by atoms with van der Waals surface area (Å²) >= 11 is 5.74. The number of rotatable bonds is 7. The van der Waals surface area contributed by atoms with Crippen molar-refractivity contribution in [1.29, 1.82) is 0 Å². The quantitative estimate of drug-likeness (QED) is 0.769. The third-order valence-corrected chi connectivity index (χ3v) is 3.72. The van der Waals surface area contributed by atoms with Crippen LogP contribution in [0.5, 0.6) is 0 Å². The zero-order chi connectivity index (χ0) is 13.5. The Morgan fingerprint density at radius 3 is 2.61 bits per heavy atom. The third-order valence-electron chi connectivity index (χ3n) is 3.43. The van der Waals surface area contributed by atoms with Crippen molar-refractivity contribution in [2.45, 2.75) is 52.1 Å². The summed E-state index contributed by atoms with van der Waals surface area (Å²) in [4.78, 5) is 0. The molecule has 0 bridgehead atoms. The normalized spacial score (nSPS) is 14.5. The van der Waals surface area contributed by atoms with Crippen LogP contribution in [0.2, 0.25) is 5.02 Å². The SMILES string of the molecule is CCCCC(CC)C(O)Cc1ccc(F)c(Cl)c1. The Balaban J connectivity index is 2.61. The highest BCUT2D eigenvalue weighted by atomic mass is 35.5. The van der Waals surface area contributed by atoms with Crippen molar-refractivity contribution >= 4 is 11.6 Å². The molecule has 0 fully saturated rings. The minimum absolute atomic E-state index is 0.126. The van der Waals surface area contributed by atoms with E-state index in [0.717, 1.165) is 31.2 Å². The van der Waals surface area contributed by atoms with Gasteiger partial charge in [0.25, 0.3) is 0 Å². The highest BCUT2D eigenvalue weighted by Gasteiger charge is 2.17. The Bertz CT molecular complexity index is 368. The average molecular weight is 273 g/mol. The molecule has 1 aromatic carbocycles. The predicted molar refractivity (Wildman–Crippen MR) is 74.4 cm³/mol. The van der Waals surface area contributed by atoms with Gasteiger partial charge >= 0.3 is 0 Å². The first-order valence-corrected chi connectivity index (χ1v) is 7.08. The maximum Gasteiger partial charge on any atom is 0.141 e. The minimum Gasteiger partial charge on any atom is -0.392 e. The Morgan fingerprint density at radius 2 is 2.06 bits per heavy atom. The summed E-state index contributed by atoms with van der Waals surface area (Å²) in [5.41, 5.74) is 0.892. The van der Waals surface area contributed by atoms with E-state index in [2.05, 4.69) is 13.8 Å². The van der Waals surface area contributed by atoms with E-state index in [-0.39, 0.29) is 11.1 Å². The van der Waals surface area contributed by atoms with Crippen molar-refractivity contribution in [2.24, 2.45) is 5.92 Å². The van der Waals surface area contributed by atoms with E-state index in [9.17, 15) is 9.50 Å². The first-order valence-electron chi connectivity index (χ1n) is 6.70. The molecule has 0 aromatic heterocycles. The molecule has 18 heavy (non-hydrogen) atoms. The molecule has 1 N–H and O–H groups in total. The van der Waals surface area contributed by atoms with Crippen molar-refractivity contribution in [3.63, 3.8) is 0 Å². The molecular formula is C15H22ClFO. The van der Waals surface area contributed by atoms with Crippen LogP contribution in [0.25, 0.3) is 0 Å². The molecule has 2 unspecified atom stereocenters. The second-order valence-corrected chi connectivity index (χ2v) is 5.24. The zero-order valence-corrected chi connectivity index (χ0v) is 11.9. The van der Waals surface area contributed by atoms with E-state index >= 15 is 0 Å². The van der Waals surface area contributed by atoms with Crippen LogP contribution in [0.1, 0.15) is 45.1 Å². The molecule has 1 aromatic rings. The van der Waals surface area contributed by atoms with Crippen molar-refractivity contribution in [3.8, 4) is 0 Å². The third kappa shape index (κ3) is 4.58. The topological polar surface area (TPSA) is 20.2 Å². The van der Waals surface area contributed by atoms with Gasteiger partial charge in [-0.25, -0.2) is 4.39 Å². The van der Waals surface area contributed by atoms with Crippen molar-refractivity contribution < 1.29 is 9.50 Å². The molecule has 0 spiro atoms. The fourth-order valence-electron chi connectivity index (χ4n) is 2.21. The Hall–Kier alpha value is -0.600. The first kappa shape index (κ1) is 15.5. The fraction of sp³-hybridized carbons (Fsp3) is 0.600. The summed E-state index contributed by atoms with van der Waals surface area (Å²) in [5, 5.41) is 10.3. The van der Waals surface area contributed by atoms with Crippen molar-refractivity contribution in [1.82, 2.24) is 0 Å². The molecular weight excluding hydrogens is 251 g/mol. The van der Waals surface area contributed by atoms with Gasteiger partial charge in [0.1, 0.15) is 5.82 Å². The van der Waals surface area contributed by atoms with Crippen LogP contribution >= 0.6 is 11.6 Å². The van der Waals surface area contributed by atoms with Gasteiger partial charge in [0.15, 0.2) is 0 Å². The van der Waals surface area contributed by atoms with E-state index < -0.39 is 5.82 Å². The fourth-order valence-corrected chi connectivity index (χ4v) is 2.41. The molecule has 3 heteroatoms. The molecule has 0 aliphatic carbocycles. The summed E-state index contributed by atoms with van der Waals surface area (Å²) < 4.78 is 13.0. The number of benzene rings is 1. The molecule has 1 rings (SSSR count). The Labute approximate surface area is 114 Å². The summed E-state index contributed by atoms with van der Waals surface area (Å²) in [6.45, 7) is 4.25. The number of aliphatic hydroxyl groups excluding tert-OH is 1. The second-order valence-electron chi connectivity index (χ2n) is 4.83. The lowest BCUT2D eigenvalue weighted by Gasteiger charge is -2.21. The van der Waals surface area contributed by atoms with Crippen molar-refractivity contribution in [2.75, 3.05) is 0 Å². The Morgan fingerprint density at radius 1 is 1.33 bits per heavy atom. The van der Waals surface area contributed by atoms with Crippen LogP contribution in [0.4, 0.5) is 4.39 Å². The second kappa shape index (κ2) is 7.75. The summed E-state index contributed by atoms with van der Waals surface area (Å²) in [5.74, 6) is -0.0956. The van der Waals surface area contributed by atoms with E-state index in [4.69, 9.17) is 11.6 Å². The molecule has 0 saturated carbocycles. The van der Waals surface area contributed by atoms with Crippen molar-refractivity contribution in [3.05, 3.63) is 34.6 Å². The van der Waals surface area contributed by atoms with Crippen LogP contribution < -0.4 is 0 Å².